The lowest BCUT2D eigenvalue weighted by Gasteiger charge is -2.05. The van der Waals surface area contributed by atoms with E-state index in [1.807, 2.05) is 73.8 Å². The van der Waals surface area contributed by atoms with E-state index >= 15 is 0 Å². The molecule has 2 aromatic carbocycles. The second-order valence-electron chi connectivity index (χ2n) is 5.17. The molecule has 4 nitrogen and oxygen atoms in total. The number of aromatic nitrogens is 1. The molecular formula is C19H19N3OS. The minimum absolute atomic E-state index is 0.668. The topological polar surface area (TPSA) is 46.5 Å². The molecule has 1 N–H and O–H groups in total. The highest BCUT2D eigenvalue weighted by Gasteiger charge is 2.04. The van der Waals surface area contributed by atoms with Crippen LogP contribution >= 0.6 is 11.3 Å². The summed E-state index contributed by atoms with van der Waals surface area (Å²) < 4.78 is 5.45. The fourth-order valence-corrected chi connectivity index (χ4v) is 2.88. The van der Waals surface area contributed by atoms with Gasteiger partial charge in [-0.05, 0) is 43.7 Å². The maximum absolute atomic E-state index is 5.45. The van der Waals surface area contributed by atoms with Crippen molar-refractivity contribution in [1.29, 1.82) is 0 Å². The summed E-state index contributed by atoms with van der Waals surface area (Å²) >= 11 is 1.54. The summed E-state index contributed by atoms with van der Waals surface area (Å²) in [6.45, 7) is 4.61. The molecule has 0 saturated heterocycles. The third-order valence-corrected chi connectivity index (χ3v) is 4.22. The van der Waals surface area contributed by atoms with Crippen LogP contribution in [0, 0.1) is 0 Å². The SMILES string of the molecule is CCOc1ccc(/C(C)=N\Nc2nc(-c3ccccc3)cs2)cc1. The predicted octanol–water partition coefficient (Wildman–Crippen LogP) is 5.04. The highest BCUT2D eigenvalue weighted by Crippen LogP contribution is 2.24. The van der Waals surface area contributed by atoms with Gasteiger partial charge in [-0.3, -0.25) is 5.43 Å². The van der Waals surface area contributed by atoms with Crippen LogP contribution in [-0.4, -0.2) is 17.3 Å². The van der Waals surface area contributed by atoms with E-state index in [0.29, 0.717) is 6.61 Å². The molecule has 0 atom stereocenters. The Labute approximate surface area is 145 Å². The summed E-state index contributed by atoms with van der Waals surface area (Å²) in [6, 6.07) is 18.0. The molecule has 0 bridgehead atoms. The molecule has 3 rings (SSSR count). The zero-order valence-corrected chi connectivity index (χ0v) is 14.5. The number of ether oxygens (including phenoxy) is 1. The van der Waals surface area contributed by atoms with Crippen molar-refractivity contribution in [3.63, 3.8) is 0 Å². The first-order valence-electron chi connectivity index (χ1n) is 7.80. The summed E-state index contributed by atoms with van der Waals surface area (Å²) in [5, 5.41) is 7.23. The third-order valence-electron chi connectivity index (χ3n) is 3.48. The van der Waals surface area contributed by atoms with Gasteiger partial charge in [0.1, 0.15) is 5.75 Å². The van der Waals surface area contributed by atoms with Crippen LogP contribution in [0.25, 0.3) is 11.3 Å². The molecule has 0 unspecified atom stereocenters. The number of hydrogen-bond donors (Lipinski definition) is 1. The average Bonchev–Trinajstić information content (AvgIpc) is 3.10. The molecule has 1 aromatic heterocycles. The van der Waals surface area contributed by atoms with E-state index in [1.165, 1.54) is 0 Å². The Morgan fingerprint density at radius 2 is 1.88 bits per heavy atom. The summed E-state index contributed by atoms with van der Waals surface area (Å²) in [7, 11) is 0. The van der Waals surface area contributed by atoms with Crippen molar-refractivity contribution in [2.75, 3.05) is 12.0 Å². The molecular weight excluding hydrogens is 318 g/mol. The highest BCUT2D eigenvalue weighted by atomic mass is 32.1. The smallest absolute Gasteiger partial charge is 0.203 e. The van der Waals surface area contributed by atoms with E-state index in [9.17, 15) is 0 Å². The van der Waals surface area contributed by atoms with Gasteiger partial charge in [0, 0.05) is 10.9 Å². The van der Waals surface area contributed by atoms with Gasteiger partial charge in [0.25, 0.3) is 0 Å². The van der Waals surface area contributed by atoms with Crippen LogP contribution in [0.3, 0.4) is 0 Å². The Morgan fingerprint density at radius 3 is 2.58 bits per heavy atom. The number of hydrogen-bond acceptors (Lipinski definition) is 5. The van der Waals surface area contributed by atoms with Crippen molar-refractivity contribution in [1.82, 2.24) is 4.98 Å². The Balaban J connectivity index is 1.68. The van der Waals surface area contributed by atoms with Crippen molar-refractivity contribution >= 4 is 22.2 Å². The van der Waals surface area contributed by atoms with Gasteiger partial charge >= 0.3 is 0 Å². The molecule has 0 fully saturated rings. The van der Waals surface area contributed by atoms with Crippen LogP contribution in [-0.2, 0) is 0 Å². The van der Waals surface area contributed by atoms with Gasteiger partial charge in [0.15, 0.2) is 0 Å². The second kappa shape index (κ2) is 7.75. The molecule has 3 aromatic rings. The molecule has 24 heavy (non-hydrogen) atoms. The van der Waals surface area contributed by atoms with Crippen LogP contribution in [0.15, 0.2) is 65.1 Å². The summed E-state index contributed by atoms with van der Waals surface area (Å²) in [5.74, 6) is 0.870. The number of anilines is 1. The molecule has 0 amide bonds. The lowest BCUT2D eigenvalue weighted by molar-refractivity contribution is 0.340. The first kappa shape index (κ1) is 16.2. The lowest BCUT2D eigenvalue weighted by Crippen LogP contribution is -2.00. The number of rotatable bonds is 6. The zero-order valence-electron chi connectivity index (χ0n) is 13.7. The van der Waals surface area contributed by atoms with Crippen LogP contribution in [0.1, 0.15) is 19.4 Å². The zero-order chi connectivity index (χ0) is 16.8. The summed E-state index contributed by atoms with van der Waals surface area (Å²) in [6.07, 6.45) is 0. The maximum Gasteiger partial charge on any atom is 0.203 e. The maximum atomic E-state index is 5.45. The minimum atomic E-state index is 0.668. The van der Waals surface area contributed by atoms with Crippen molar-refractivity contribution in [3.8, 4) is 17.0 Å². The van der Waals surface area contributed by atoms with Crippen molar-refractivity contribution in [2.24, 2.45) is 5.10 Å². The van der Waals surface area contributed by atoms with Crippen molar-refractivity contribution < 1.29 is 4.74 Å². The van der Waals surface area contributed by atoms with Gasteiger partial charge in [-0.2, -0.15) is 5.10 Å². The molecule has 5 heteroatoms. The van der Waals surface area contributed by atoms with Crippen LogP contribution in [0.4, 0.5) is 5.13 Å². The number of nitrogens with one attached hydrogen (secondary N) is 1. The standard InChI is InChI=1S/C19H19N3OS/c1-3-23-17-11-9-15(10-12-17)14(2)21-22-19-20-18(13-24-19)16-7-5-4-6-8-16/h4-13H,3H2,1-2H3,(H,20,22)/b21-14-. The van der Waals surface area contributed by atoms with E-state index < -0.39 is 0 Å². The number of thiazole rings is 1. The number of hydrazone groups is 1. The molecule has 0 spiro atoms. The fraction of sp³-hybridized carbons (Fsp3) is 0.158. The Kier molecular flexibility index (Phi) is 5.23. The van der Waals surface area contributed by atoms with Gasteiger partial charge in [-0.1, -0.05) is 30.3 Å². The van der Waals surface area contributed by atoms with Crippen LogP contribution in [0.2, 0.25) is 0 Å². The van der Waals surface area contributed by atoms with Gasteiger partial charge in [0.2, 0.25) is 5.13 Å². The Morgan fingerprint density at radius 1 is 1.12 bits per heavy atom. The van der Waals surface area contributed by atoms with Gasteiger partial charge in [-0.15, -0.1) is 11.3 Å². The average molecular weight is 337 g/mol. The predicted molar refractivity (Wildman–Crippen MR) is 101 cm³/mol. The third kappa shape index (κ3) is 4.00. The van der Waals surface area contributed by atoms with E-state index in [0.717, 1.165) is 33.4 Å². The highest BCUT2D eigenvalue weighted by molar-refractivity contribution is 7.14. The summed E-state index contributed by atoms with van der Waals surface area (Å²) in [4.78, 5) is 4.56. The van der Waals surface area contributed by atoms with Gasteiger partial charge in [-0.25, -0.2) is 4.98 Å². The largest absolute Gasteiger partial charge is 0.494 e. The quantitative estimate of drug-likeness (QED) is 0.506. The van der Waals surface area contributed by atoms with Gasteiger partial charge < -0.3 is 4.74 Å². The first-order chi connectivity index (χ1) is 11.8. The molecule has 1 heterocycles. The van der Waals surface area contributed by atoms with Crippen molar-refractivity contribution in [2.45, 2.75) is 13.8 Å². The van der Waals surface area contributed by atoms with E-state index in [2.05, 4.69) is 15.5 Å². The van der Waals surface area contributed by atoms with Crippen molar-refractivity contribution in [3.05, 3.63) is 65.5 Å². The monoisotopic (exact) mass is 337 g/mol. The van der Waals surface area contributed by atoms with E-state index in [4.69, 9.17) is 4.74 Å². The second-order valence-corrected chi connectivity index (χ2v) is 6.03. The normalized spacial score (nSPS) is 11.3. The first-order valence-corrected chi connectivity index (χ1v) is 8.68. The molecule has 0 aliphatic rings. The van der Waals surface area contributed by atoms with Crippen LogP contribution in [0.5, 0.6) is 5.75 Å². The molecule has 0 aliphatic heterocycles. The Bertz CT molecular complexity index is 810. The lowest BCUT2D eigenvalue weighted by atomic mass is 10.1. The minimum Gasteiger partial charge on any atom is -0.494 e. The fourth-order valence-electron chi connectivity index (χ4n) is 2.22. The van der Waals surface area contributed by atoms with Gasteiger partial charge in [0.05, 0.1) is 18.0 Å². The van der Waals surface area contributed by atoms with Crippen LogP contribution < -0.4 is 10.2 Å². The molecule has 0 aliphatic carbocycles. The van der Waals surface area contributed by atoms with E-state index in [1.54, 1.807) is 11.3 Å². The Hall–Kier alpha value is -2.66. The molecule has 0 saturated carbocycles. The molecule has 0 radical (unpaired) electrons. The summed E-state index contributed by atoms with van der Waals surface area (Å²) in [5.41, 5.74) is 7.04. The number of nitrogens with zero attached hydrogens (tertiary/aromatic N) is 2. The molecule has 122 valence electrons. The number of benzene rings is 2. The van der Waals surface area contributed by atoms with E-state index in [-0.39, 0.29) is 0 Å².